The average Bonchev–Trinajstić information content (AvgIpc) is 3.38. The second-order valence-electron chi connectivity index (χ2n) is 9.05. The van der Waals surface area contributed by atoms with Gasteiger partial charge in [-0.1, -0.05) is 6.07 Å². The molecule has 2 saturated heterocycles. The molecule has 12 heteroatoms. The van der Waals surface area contributed by atoms with Crippen LogP contribution in [0.3, 0.4) is 0 Å². The van der Waals surface area contributed by atoms with Crippen molar-refractivity contribution in [2.75, 3.05) is 74.7 Å². The second-order valence-corrected chi connectivity index (χ2v) is 9.05. The molecule has 3 aliphatic rings. The normalized spacial score (nSPS) is 17.7. The molecule has 192 valence electrons. The maximum Gasteiger partial charge on any atom is 0.257 e. The van der Waals surface area contributed by atoms with Crippen LogP contribution in [0, 0.1) is 5.82 Å². The van der Waals surface area contributed by atoms with Gasteiger partial charge in [-0.2, -0.15) is 4.98 Å². The van der Waals surface area contributed by atoms with Crippen molar-refractivity contribution in [3.05, 3.63) is 47.5 Å². The van der Waals surface area contributed by atoms with E-state index in [2.05, 4.69) is 14.9 Å². The Kier molecular flexibility index (Phi) is 6.26. The molecule has 0 unspecified atom stereocenters. The number of amides is 1. The molecule has 3 aromatic rings. The fourth-order valence-electron chi connectivity index (χ4n) is 4.91. The second kappa shape index (κ2) is 9.87. The Morgan fingerprint density at radius 3 is 2.38 bits per heavy atom. The van der Waals surface area contributed by atoms with Gasteiger partial charge < -0.3 is 29.9 Å². The van der Waals surface area contributed by atoms with Crippen LogP contribution in [-0.4, -0.2) is 89.9 Å². The predicted molar refractivity (Wildman–Crippen MR) is 134 cm³/mol. The van der Waals surface area contributed by atoms with Crippen LogP contribution in [0.25, 0.3) is 11.3 Å². The van der Waals surface area contributed by atoms with Gasteiger partial charge in [-0.3, -0.25) is 4.79 Å². The highest BCUT2D eigenvalue weighted by atomic mass is 19.1. The van der Waals surface area contributed by atoms with Crippen molar-refractivity contribution in [3.8, 4) is 11.3 Å². The third-order valence-electron chi connectivity index (χ3n) is 6.85. The lowest BCUT2D eigenvalue weighted by atomic mass is 10.1. The third-order valence-corrected chi connectivity index (χ3v) is 6.85. The van der Waals surface area contributed by atoms with Gasteiger partial charge in [0.2, 0.25) is 11.9 Å². The number of hydrogen-bond donors (Lipinski definition) is 1. The van der Waals surface area contributed by atoms with Crippen molar-refractivity contribution < 1.29 is 18.7 Å². The zero-order valence-electron chi connectivity index (χ0n) is 20.3. The lowest BCUT2D eigenvalue weighted by Gasteiger charge is -2.29. The molecule has 0 saturated carbocycles. The highest BCUT2D eigenvalue weighted by Gasteiger charge is 2.32. The summed E-state index contributed by atoms with van der Waals surface area (Å²) in [6.07, 6.45) is 3.87. The molecule has 2 aromatic heterocycles. The number of nitrogens with zero attached hydrogens (tertiary/aromatic N) is 7. The molecule has 0 spiro atoms. The number of carbonyl (C=O) groups excluding carboxylic acids is 1. The standard InChI is InChI=1S/C25H27FN8O3/c26-20-17(23(35)32-6-10-36-11-7-32)2-1-3-19(20)34-5-4-18-21(16-14-28-24(27)29-15-16)30-25(31-22(18)34)33-8-12-37-13-9-33/h1-3,14-15H,4-13H2,(H2,27,28,29). The van der Waals surface area contributed by atoms with Crippen molar-refractivity contribution in [2.24, 2.45) is 0 Å². The van der Waals surface area contributed by atoms with E-state index >= 15 is 4.39 Å². The van der Waals surface area contributed by atoms with E-state index in [0.29, 0.717) is 94.3 Å². The molecule has 0 aliphatic carbocycles. The number of ether oxygens (including phenoxy) is 2. The minimum absolute atomic E-state index is 0.0440. The van der Waals surface area contributed by atoms with Crippen molar-refractivity contribution in [2.45, 2.75) is 6.42 Å². The van der Waals surface area contributed by atoms with E-state index in [1.165, 1.54) is 6.07 Å². The van der Waals surface area contributed by atoms with Gasteiger partial charge in [0.25, 0.3) is 5.91 Å². The lowest BCUT2D eigenvalue weighted by Crippen LogP contribution is -2.41. The number of nitrogens with two attached hydrogens (primary N) is 1. The van der Waals surface area contributed by atoms with Crippen LogP contribution in [0.2, 0.25) is 0 Å². The first-order valence-corrected chi connectivity index (χ1v) is 12.3. The van der Waals surface area contributed by atoms with Gasteiger partial charge in [-0.05, 0) is 18.6 Å². The molecule has 1 amide bonds. The Hall–Kier alpha value is -3.90. The van der Waals surface area contributed by atoms with Crippen molar-refractivity contribution in [1.29, 1.82) is 0 Å². The molecular weight excluding hydrogens is 479 g/mol. The molecule has 37 heavy (non-hydrogen) atoms. The molecule has 2 fully saturated rings. The number of aromatic nitrogens is 4. The predicted octanol–water partition coefficient (Wildman–Crippen LogP) is 1.66. The number of nitrogen functional groups attached to an aromatic ring is 1. The first-order chi connectivity index (χ1) is 18.1. The number of fused-ring (bicyclic) bond motifs is 1. The quantitative estimate of drug-likeness (QED) is 0.559. The van der Waals surface area contributed by atoms with E-state index in [9.17, 15) is 4.79 Å². The Bertz CT molecular complexity index is 1310. The molecule has 0 radical (unpaired) electrons. The molecule has 5 heterocycles. The minimum atomic E-state index is -0.559. The summed E-state index contributed by atoms with van der Waals surface area (Å²) in [5, 5.41) is 0. The van der Waals surface area contributed by atoms with Crippen LogP contribution in [0.15, 0.2) is 30.6 Å². The number of anilines is 4. The fourth-order valence-corrected chi connectivity index (χ4v) is 4.91. The molecular formula is C25H27FN8O3. The summed E-state index contributed by atoms with van der Waals surface area (Å²) >= 11 is 0. The van der Waals surface area contributed by atoms with E-state index in [4.69, 9.17) is 25.2 Å². The molecule has 0 bridgehead atoms. The van der Waals surface area contributed by atoms with Gasteiger partial charge in [0.05, 0.1) is 43.4 Å². The number of hydrogen-bond acceptors (Lipinski definition) is 10. The Balaban J connectivity index is 1.42. The molecule has 3 aliphatic heterocycles. The van der Waals surface area contributed by atoms with Crippen LogP contribution < -0.4 is 15.5 Å². The van der Waals surface area contributed by atoms with Gasteiger partial charge in [-0.15, -0.1) is 0 Å². The Labute approximate surface area is 213 Å². The molecule has 11 nitrogen and oxygen atoms in total. The maximum atomic E-state index is 15.9. The SMILES string of the molecule is Nc1ncc(-c2nc(N3CCOCC3)nc3c2CCN3c2cccc(C(=O)N3CCOCC3)c2F)cn1. The summed E-state index contributed by atoms with van der Waals surface area (Å²) in [6.45, 7) is 4.72. The summed E-state index contributed by atoms with van der Waals surface area (Å²) in [4.78, 5) is 36.6. The van der Waals surface area contributed by atoms with Gasteiger partial charge in [0.15, 0.2) is 5.82 Å². The first-order valence-electron chi connectivity index (χ1n) is 12.3. The third kappa shape index (κ3) is 4.42. The number of rotatable bonds is 4. The largest absolute Gasteiger partial charge is 0.378 e. The number of carbonyl (C=O) groups is 1. The van der Waals surface area contributed by atoms with E-state index in [1.54, 1.807) is 29.4 Å². The van der Waals surface area contributed by atoms with Gasteiger partial charge in [-0.25, -0.2) is 19.3 Å². The Morgan fingerprint density at radius 2 is 1.65 bits per heavy atom. The van der Waals surface area contributed by atoms with Crippen LogP contribution in [0.1, 0.15) is 15.9 Å². The highest BCUT2D eigenvalue weighted by molar-refractivity contribution is 5.96. The number of halogens is 1. The lowest BCUT2D eigenvalue weighted by molar-refractivity contribution is 0.0300. The average molecular weight is 507 g/mol. The smallest absolute Gasteiger partial charge is 0.257 e. The van der Waals surface area contributed by atoms with Crippen molar-refractivity contribution >= 4 is 29.3 Å². The minimum Gasteiger partial charge on any atom is -0.378 e. The highest BCUT2D eigenvalue weighted by Crippen LogP contribution is 2.40. The fraction of sp³-hybridized carbons (Fsp3) is 0.400. The van der Waals surface area contributed by atoms with Crippen LogP contribution >= 0.6 is 0 Å². The summed E-state index contributed by atoms with van der Waals surface area (Å²) < 4.78 is 26.8. The maximum absolute atomic E-state index is 15.9. The molecule has 0 atom stereocenters. The Morgan fingerprint density at radius 1 is 0.946 bits per heavy atom. The summed E-state index contributed by atoms with van der Waals surface area (Å²) in [5.74, 6) is 0.419. The molecule has 1 aromatic carbocycles. The van der Waals surface area contributed by atoms with Gasteiger partial charge in [0, 0.05) is 56.2 Å². The number of morpholine rings is 2. The monoisotopic (exact) mass is 506 g/mol. The van der Waals surface area contributed by atoms with Gasteiger partial charge in [0.1, 0.15) is 5.82 Å². The first kappa shape index (κ1) is 23.5. The zero-order chi connectivity index (χ0) is 25.4. The van der Waals surface area contributed by atoms with E-state index in [1.807, 2.05) is 4.90 Å². The summed E-state index contributed by atoms with van der Waals surface area (Å²) in [5.41, 5.74) is 8.33. The topological polar surface area (TPSA) is 123 Å². The van der Waals surface area contributed by atoms with Crippen molar-refractivity contribution in [3.63, 3.8) is 0 Å². The summed E-state index contributed by atoms with van der Waals surface area (Å²) in [7, 11) is 0. The molecule has 6 rings (SSSR count). The zero-order valence-corrected chi connectivity index (χ0v) is 20.3. The van der Waals surface area contributed by atoms with Crippen LogP contribution in [0.4, 0.5) is 27.8 Å². The van der Waals surface area contributed by atoms with Crippen LogP contribution in [-0.2, 0) is 15.9 Å². The summed E-state index contributed by atoms with van der Waals surface area (Å²) in [6, 6.07) is 4.93. The van der Waals surface area contributed by atoms with E-state index in [0.717, 1.165) is 5.56 Å². The van der Waals surface area contributed by atoms with E-state index < -0.39 is 5.82 Å². The van der Waals surface area contributed by atoms with E-state index in [-0.39, 0.29) is 17.4 Å². The molecule has 2 N–H and O–H groups in total. The van der Waals surface area contributed by atoms with Crippen LogP contribution in [0.5, 0.6) is 0 Å². The number of benzene rings is 1. The van der Waals surface area contributed by atoms with Gasteiger partial charge >= 0.3 is 0 Å². The van der Waals surface area contributed by atoms with Crippen molar-refractivity contribution in [1.82, 2.24) is 24.8 Å².